The monoisotopic (exact) mass is 656 g/mol. The summed E-state index contributed by atoms with van der Waals surface area (Å²) in [6.07, 6.45) is 3.36. The largest absolute Gasteiger partial charge is 0.449 e. The number of fused-ring (bicyclic) bond motifs is 5. The first-order chi connectivity index (χ1) is 25.1. The fourth-order valence-corrected chi connectivity index (χ4v) is 7.67. The summed E-state index contributed by atoms with van der Waals surface area (Å²) < 4.78 is 13.6. The molecule has 7 aromatic carbocycles. The van der Waals surface area contributed by atoms with Gasteiger partial charge in [-0.1, -0.05) is 152 Å². The highest BCUT2D eigenvalue weighted by atomic mass is 16.6. The number of allylic oxidation sites excluding steroid dienone is 2. The lowest BCUT2D eigenvalue weighted by atomic mass is 9.67. The first-order valence-electron chi connectivity index (χ1n) is 17.0. The van der Waals surface area contributed by atoms with Crippen LogP contribution in [0.15, 0.2) is 182 Å². The predicted octanol–water partition coefficient (Wildman–Crippen LogP) is 11.6. The minimum atomic E-state index is -0.543. The van der Waals surface area contributed by atoms with Crippen LogP contribution in [-0.2, 0) is 5.41 Å². The minimum absolute atomic E-state index is 0.300. The maximum atomic E-state index is 9.01. The van der Waals surface area contributed by atoms with Gasteiger partial charge in [0.2, 0.25) is 0 Å². The summed E-state index contributed by atoms with van der Waals surface area (Å²) in [6.45, 7) is 0. The lowest BCUT2D eigenvalue weighted by molar-refractivity contribution is 0.360. The van der Waals surface area contributed by atoms with E-state index in [1.54, 1.807) is 12.2 Å². The fraction of sp³-hybridized carbons (Fsp3) is 0.0213. The van der Waals surface area contributed by atoms with E-state index < -0.39 is 5.41 Å². The summed E-state index contributed by atoms with van der Waals surface area (Å²) in [5.41, 5.74) is 10.3. The van der Waals surface area contributed by atoms with Crippen LogP contribution >= 0.6 is 0 Å². The Morgan fingerprint density at radius 3 is 1.73 bits per heavy atom. The van der Waals surface area contributed by atoms with Crippen LogP contribution in [0.25, 0.3) is 22.3 Å². The van der Waals surface area contributed by atoms with Gasteiger partial charge in [0, 0.05) is 11.1 Å². The molecule has 2 N–H and O–H groups in total. The second kappa shape index (κ2) is 12.3. The van der Waals surface area contributed by atoms with Gasteiger partial charge in [-0.15, -0.1) is 0 Å². The van der Waals surface area contributed by atoms with Gasteiger partial charge in [0.15, 0.2) is 23.0 Å². The van der Waals surface area contributed by atoms with E-state index in [0.717, 1.165) is 38.9 Å². The van der Waals surface area contributed by atoms with Gasteiger partial charge < -0.3 is 20.3 Å². The molecule has 0 aromatic heterocycles. The Kier molecular flexibility index (Phi) is 7.29. The normalized spacial score (nSPS) is 13.3. The van der Waals surface area contributed by atoms with Crippen LogP contribution in [0.2, 0.25) is 0 Å². The first kappa shape index (κ1) is 30.3. The van der Waals surface area contributed by atoms with Crippen molar-refractivity contribution in [2.75, 3.05) is 0 Å². The van der Waals surface area contributed by atoms with Crippen molar-refractivity contribution in [3.05, 3.63) is 215 Å². The van der Waals surface area contributed by atoms with Crippen LogP contribution in [0.1, 0.15) is 33.4 Å². The SMILES string of the molecule is N=C(/C=C\C(=N)c1ccccc1-c1cccc2c1Oc1cc3c(cc1O2)C(c1ccccc1)(c1ccccc1)c1ccccc1-3)c1ccccc1. The van der Waals surface area contributed by atoms with Crippen LogP contribution in [0.4, 0.5) is 0 Å². The molecule has 242 valence electrons. The Morgan fingerprint density at radius 1 is 0.431 bits per heavy atom. The summed E-state index contributed by atoms with van der Waals surface area (Å²) in [7, 11) is 0. The molecular formula is C47H32N2O2. The molecule has 7 aromatic rings. The molecule has 4 nitrogen and oxygen atoms in total. The summed E-state index contributed by atoms with van der Waals surface area (Å²) in [4.78, 5) is 0. The van der Waals surface area contributed by atoms with Crippen molar-refractivity contribution in [1.29, 1.82) is 10.8 Å². The Bertz CT molecular complexity index is 2460. The Hall–Kier alpha value is -6.78. The average molecular weight is 657 g/mol. The zero-order valence-corrected chi connectivity index (χ0v) is 27.6. The van der Waals surface area contributed by atoms with Gasteiger partial charge in [0.25, 0.3) is 0 Å². The summed E-state index contributed by atoms with van der Waals surface area (Å²) in [6, 6.07) is 57.6. The molecule has 0 saturated carbocycles. The topological polar surface area (TPSA) is 66.2 Å². The van der Waals surface area contributed by atoms with E-state index >= 15 is 0 Å². The van der Waals surface area contributed by atoms with Gasteiger partial charge >= 0.3 is 0 Å². The highest BCUT2D eigenvalue weighted by molar-refractivity contribution is 6.16. The van der Waals surface area contributed by atoms with Gasteiger partial charge in [-0.25, -0.2) is 0 Å². The van der Waals surface area contributed by atoms with E-state index in [0.29, 0.717) is 34.4 Å². The van der Waals surface area contributed by atoms with E-state index in [9.17, 15) is 0 Å². The molecule has 0 unspecified atom stereocenters. The van der Waals surface area contributed by atoms with E-state index in [-0.39, 0.29) is 0 Å². The van der Waals surface area contributed by atoms with E-state index in [4.69, 9.17) is 20.3 Å². The second-order valence-corrected chi connectivity index (χ2v) is 12.8. The van der Waals surface area contributed by atoms with Crippen LogP contribution in [0.3, 0.4) is 0 Å². The van der Waals surface area contributed by atoms with Crippen LogP contribution in [0, 0.1) is 10.8 Å². The van der Waals surface area contributed by atoms with Crippen LogP contribution < -0.4 is 9.47 Å². The standard InChI is InChI=1S/C47H32N2O2/c48-41(31-15-4-1-5-16-31)27-28-42(49)36-23-11-10-21-34(36)37-24-14-26-43-46(37)51-44-29-38-35-22-12-13-25-39(35)47(32-17-6-2-7-18-32,33-19-8-3-9-20-33)40(38)30-45(44)50-43/h1-30,48-49H/b28-27-,48-41?,49-42?. The Morgan fingerprint density at radius 2 is 1.00 bits per heavy atom. The third kappa shape index (κ3) is 4.92. The van der Waals surface area contributed by atoms with Crippen molar-refractivity contribution in [2.24, 2.45) is 0 Å². The van der Waals surface area contributed by atoms with Gasteiger partial charge in [-0.2, -0.15) is 0 Å². The van der Waals surface area contributed by atoms with Crippen molar-refractivity contribution in [1.82, 2.24) is 0 Å². The zero-order chi connectivity index (χ0) is 34.4. The molecule has 2 aliphatic rings. The molecule has 9 rings (SSSR count). The summed E-state index contributed by atoms with van der Waals surface area (Å²) >= 11 is 0. The molecule has 0 spiro atoms. The molecular weight excluding hydrogens is 625 g/mol. The smallest absolute Gasteiger partial charge is 0.177 e. The third-order valence-electron chi connectivity index (χ3n) is 9.94. The summed E-state index contributed by atoms with van der Waals surface area (Å²) in [5.74, 6) is 2.52. The van der Waals surface area contributed by atoms with Crippen molar-refractivity contribution in [3.63, 3.8) is 0 Å². The minimum Gasteiger partial charge on any atom is -0.449 e. The van der Waals surface area contributed by atoms with Gasteiger partial charge in [-0.05, 0) is 74.9 Å². The Labute approximate surface area is 296 Å². The van der Waals surface area contributed by atoms with Gasteiger partial charge in [-0.3, -0.25) is 0 Å². The maximum Gasteiger partial charge on any atom is 0.177 e. The number of benzene rings is 7. The van der Waals surface area contributed by atoms with Crippen LogP contribution in [-0.4, -0.2) is 11.4 Å². The molecule has 1 aliphatic carbocycles. The van der Waals surface area contributed by atoms with Crippen molar-refractivity contribution >= 4 is 11.4 Å². The average Bonchev–Trinajstić information content (AvgIpc) is 3.48. The lowest BCUT2D eigenvalue weighted by Crippen LogP contribution is -2.28. The predicted molar refractivity (Wildman–Crippen MR) is 205 cm³/mol. The van der Waals surface area contributed by atoms with E-state index in [2.05, 4.69) is 97.1 Å². The lowest BCUT2D eigenvalue weighted by Gasteiger charge is -2.34. The summed E-state index contributed by atoms with van der Waals surface area (Å²) in [5, 5.41) is 17.5. The number of ether oxygens (including phenoxy) is 2. The van der Waals surface area contributed by atoms with E-state index in [1.807, 2.05) is 72.8 Å². The number of hydrogen-bond donors (Lipinski definition) is 2. The fourth-order valence-electron chi connectivity index (χ4n) is 7.67. The molecule has 4 heteroatoms. The van der Waals surface area contributed by atoms with Crippen LogP contribution in [0.5, 0.6) is 23.0 Å². The van der Waals surface area contributed by atoms with Crippen molar-refractivity contribution in [2.45, 2.75) is 5.41 Å². The number of hydrogen-bond acceptors (Lipinski definition) is 4. The molecule has 0 saturated heterocycles. The van der Waals surface area contributed by atoms with E-state index in [1.165, 1.54) is 16.7 Å². The number of para-hydroxylation sites is 1. The maximum absolute atomic E-state index is 9.01. The number of rotatable bonds is 7. The molecule has 0 atom stereocenters. The molecule has 1 heterocycles. The van der Waals surface area contributed by atoms with Gasteiger partial charge in [0.1, 0.15) is 0 Å². The molecule has 0 bridgehead atoms. The number of nitrogens with one attached hydrogen (secondary N) is 2. The van der Waals surface area contributed by atoms with Crippen molar-refractivity contribution in [3.8, 4) is 45.3 Å². The zero-order valence-electron chi connectivity index (χ0n) is 27.6. The quantitative estimate of drug-likeness (QED) is 0.168. The van der Waals surface area contributed by atoms with Crippen molar-refractivity contribution < 1.29 is 9.47 Å². The molecule has 51 heavy (non-hydrogen) atoms. The van der Waals surface area contributed by atoms with Gasteiger partial charge in [0.05, 0.1) is 16.8 Å². The Balaban J connectivity index is 1.14. The first-order valence-corrected chi connectivity index (χ1v) is 17.0. The highest BCUT2D eigenvalue weighted by Crippen LogP contribution is 2.60. The molecule has 1 aliphatic heterocycles. The molecule has 0 amide bonds. The third-order valence-corrected chi connectivity index (χ3v) is 9.94. The molecule has 0 fully saturated rings. The highest BCUT2D eigenvalue weighted by Gasteiger charge is 2.47. The second-order valence-electron chi connectivity index (χ2n) is 12.8. The molecule has 0 radical (unpaired) electrons.